The Morgan fingerprint density at radius 2 is 2.20 bits per heavy atom. The van der Waals surface area contributed by atoms with Crippen LogP contribution in [0.5, 0.6) is 0 Å². The van der Waals surface area contributed by atoms with Crippen LogP contribution in [-0.4, -0.2) is 25.0 Å². The summed E-state index contributed by atoms with van der Waals surface area (Å²) in [6.45, 7) is 0.531. The molecule has 2 N–H and O–H groups in total. The van der Waals surface area contributed by atoms with Crippen LogP contribution in [0.2, 0.25) is 0 Å². The molecule has 0 aliphatic carbocycles. The first-order chi connectivity index (χ1) is 4.33. The predicted octanol–water partition coefficient (Wildman–Crippen LogP) is 0.113. The number of ether oxygens (including phenoxy) is 1. The standard InChI is InChI=1S/C6H11NO2.ClH/c7-5-1-2-6(3-8)9-4-5;/h3,5-6H,1-2,4,7H2;1H/t5-,6+;/m1./s1. The average molecular weight is 166 g/mol. The minimum absolute atomic E-state index is 0. The molecule has 1 fully saturated rings. The van der Waals surface area contributed by atoms with Gasteiger partial charge < -0.3 is 15.3 Å². The summed E-state index contributed by atoms with van der Waals surface area (Å²) < 4.78 is 5.05. The molecule has 1 heterocycles. The molecule has 3 nitrogen and oxygen atoms in total. The Morgan fingerprint density at radius 1 is 1.50 bits per heavy atom. The van der Waals surface area contributed by atoms with Crippen molar-refractivity contribution in [1.82, 2.24) is 0 Å². The maximum Gasteiger partial charge on any atom is 0.148 e. The second kappa shape index (κ2) is 4.66. The second-order valence-electron chi connectivity index (χ2n) is 2.35. The van der Waals surface area contributed by atoms with Crippen LogP contribution in [0, 0.1) is 0 Å². The number of carbonyl (C=O) groups is 1. The quantitative estimate of drug-likeness (QED) is 0.562. The third kappa shape index (κ3) is 2.64. The molecule has 0 aromatic carbocycles. The molecule has 0 saturated carbocycles. The van der Waals surface area contributed by atoms with Gasteiger partial charge in [0.25, 0.3) is 0 Å². The molecule has 4 heteroatoms. The molecule has 1 aliphatic rings. The lowest BCUT2D eigenvalue weighted by Crippen LogP contribution is -2.35. The van der Waals surface area contributed by atoms with Crippen LogP contribution >= 0.6 is 12.4 Å². The van der Waals surface area contributed by atoms with Gasteiger partial charge in [-0.05, 0) is 12.8 Å². The molecule has 0 amide bonds. The number of carbonyl (C=O) groups excluding carboxylic acids is 1. The summed E-state index contributed by atoms with van der Waals surface area (Å²) in [5.74, 6) is 0. The Hall–Kier alpha value is -0.120. The summed E-state index contributed by atoms with van der Waals surface area (Å²) >= 11 is 0. The van der Waals surface area contributed by atoms with Gasteiger partial charge >= 0.3 is 0 Å². The minimum Gasteiger partial charge on any atom is -0.369 e. The predicted molar refractivity (Wildman–Crippen MR) is 40.3 cm³/mol. The number of hydrogen-bond acceptors (Lipinski definition) is 3. The molecule has 60 valence electrons. The Kier molecular flexibility index (Phi) is 4.60. The zero-order valence-corrected chi connectivity index (χ0v) is 6.47. The summed E-state index contributed by atoms with van der Waals surface area (Å²) in [5, 5.41) is 0. The molecule has 2 atom stereocenters. The van der Waals surface area contributed by atoms with Crippen molar-refractivity contribution < 1.29 is 9.53 Å². The molecule has 1 rings (SSSR count). The smallest absolute Gasteiger partial charge is 0.148 e. The highest BCUT2D eigenvalue weighted by Gasteiger charge is 2.17. The van der Waals surface area contributed by atoms with Crippen molar-refractivity contribution in [2.45, 2.75) is 25.0 Å². The van der Waals surface area contributed by atoms with Gasteiger partial charge in [0.15, 0.2) is 0 Å². The van der Waals surface area contributed by atoms with E-state index in [0.29, 0.717) is 6.61 Å². The van der Waals surface area contributed by atoms with Crippen LogP contribution < -0.4 is 5.73 Å². The van der Waals surface area contributed by atoms with Gasteiger partial charge in [-0.15, -0.1) is 12.4 Å². The van der Waals surface area contributed by atoms with Crippen LogP contribution in [0.25, 0.3) is 0 Å². The van der Waals surface area contributed by atoms with Gasteiger partial charge in [-0.25, -0.2) is 0 Å². The fourth-order valence-corrected chi connectivity index (χ4v) is 0.900. The van der Waals surface area contributed by atoms with Gasteiger partial charge in [-0.3, -0.25) is 0 Å². The number of halogens is 1. The Morgan fingerprint density at radius 3 is 2.60 bits per heavy atom. The van der Waals surface area contributed by atoms with Crippen LogP contribution in [-0.2, 0) is 9.53 Å². The van der Waals surface area contributed by atoms with Crippen LogP contribution in [0.15, 0.2) is 0 Å². The Bertz CT molecular complexity index is 102. The van der Waals surface area contributed by atoms with E-state index in [1.807, 2.05) is 0 Å². The summed E-state index contributed by atoms with van der Waals surface area (Å²) in [4.78, 5) is 10.1. The minimum atomic E-state index is -0.190. The van der Waals surface area contributed by atoms with E-state index in [4.69, 9.17) is 10.5 Å². The third-order valence-corrected chi connectivity index (χ3v) is 1.50. The van der Waals surface area contributed by atoms with Crippen molar-refractivity contribution in [3.8, 4) is 0 Å². The van der Waals surface area contributed by atoms with Gasteiger partial charge in [0.2, 0.25) is 0 Å². The van der Waals surface area contributed by atoms with E-state index in [1.54, 1.807) is 0 Å². The Balaban J connectivity index is 0.000000810. The van der Waals surface area contributed by atoms with Crippen molar-refractivity contribution in [2.24, 2.45) is 5.73 Å². The largest absolute Gasteiger partial charge is 0.369 e. The molecule has 0 radical (unpaired) electrons. The normalized spacial score (nSPS) is 32.5. The van der Waals surface area contributed by atoms with Gasteiger partial charge in [-0.1, -0.05) is 0 Å². The van der Waals surface area contributed by atoms with E-state index in [-0.39, 0.29) is 24.6 Å². The average Bonchev–Trinajstić information content (AvgIpc) is 1.90. The molecule has 0 aromatic rings. The van der Waals surface area contributed by atoms with Crippen molar-refractivity contribution in [3.05, 3.63) is 0 Å². The topological polar surface area (TPSA) is 52.3 Å². The number of rotatable bonds is 1. The molecule has 1 saturated heterocycles. The maximum atomic E-state index is 10.1. The fraction of sp³-hybridized carbons (Fsp3) is 0.833. The molecule has 0 spiro atoms. The SMILES string of the molecule is Cl.N[C@@H]1CC[C@@H](C=O)OC1. The van der Waals surface area contributed by atoms with Crippen LogP contribution in [0.4, 0.5) is 0 Å². The van der Waals surface area contributed by atoms with Gasteiger partial charge in [0, 0.05) is 6.04 Å². The zero-order chi connectivity index (χ0) is 6.69. The maximum absolute atomic E-state index is 10.1. The fourth-order valence-electron chi connectivity index (χ4n) is 0.900. The molecule has 10 heavy (non-hydrogen) atoms. The zero-order valence-electron chi connectivity index (χ0n) is 5.66. The number of nitrogens with two attached hydrogens (primary N) is 1. The van der Waals surface area contributed by atoms with Crippen molar-refractivity contribution in [3.63, 3.8) is 0 Å². The molecular formula is C6H12ClNO2. The lowest BCUT2D eigenvalue weighted by molar-refractivity contribution is -0.121. The van der Waals surface area contributed by atoms with E-state index in [1.165, 1.54) is 0 Å². The number of aldehydes is 1. The van der Waals surface area contributed by atoms with E-state index < -0.39 is 0 Å². The molecular weight excluding hydrogens is 154 g/mol. The van der Waals surface area contributed by atoms with Crippen molar-refractivity contribution in [1.29, 1.82) is 0 Å². The van der Waals surface area contributed by atoms with Gasteiger partial charge in [0.05, 0.1) is 6.61 Å². The van der Waals surface area contributed by atoms with E-state index in [2.05, 4.69) is 0 Å². The third-order valence-electron chi connectivity index (χ3n) is 1.50. The highest BCUT2D eigenvalue weighted by Crippen LogP contribution is 2.09. The molecule has 0 aromatic heterocycles. The molecule has 1 aliphatic heterocycles. The van der Waals surface area contributed by atoms with Crippen LogP contribution in [0.1, 0.15) is 12.8 Å². The van der Waals surface area contributed by atoms with Crippen LogP contribution in [0.3, 0.4) is 0 Å². The lowest BCUT2D eigenvalue weighted by atomic mass is 10.1. The van der Waals surface area contributed by atoms with Crippen molar-refractivity contribution >= 4 is 18.7 Å². The Labute approximate surface area is 66.3 Å². The first-order valence-electron chi connectivity index (χ1n) is 3.15. The highest BCUT2D eigenvalue weighted by atomic mass is 35.5. The van der Waals surface area contributed by atoms with E-state index >= 15 is 0 Å². The number of hydrogen-bond donors (Lipinski definition) is 1. The summed E-state index contributed by atoms with van der Waals surface area (Å²) in [7, 11) is 0. The molecule has 0 bridgehead atoms. The monoisotopic (exact) mass is 165 g/mol. The first kappa shape index (κ1) is 9.88. The van der Waals surface area contributed by atoms with Crippen molar-refractivity contribution in [2.75, 3.05) is 6.61 Å². The van der Waals surface area contributed by atoms with E-state index in [0.717, 1.165) is 19.1 Å². The highest BCUT2D eigenvalue weighted by molar-refractivity contribution is 5.85. The van der Waals surface area contributed by atoms with Gasteiger partial charge in [-0.2, -0.15) is 0 Å². The summed E-state index contributed by atoms with van der Waals surface area (Å²) in [6, 6.07) is 0.140. The van der Waals surface area contributed by atoms with E-state index in [9.17, 15) is 4.79 Å². The molecule has 0 unspecified atom stereocenters. The van der Waals surface area contributed by atoms with Gasteiger partial charge in [0.1, 0.15) is 12.4 Å². The second-order valence-corrected chi connectivity index (χ2v) is 2.35. The summed E-state index contributed by atoms with van der Waals surface area (Å²) in [6.07, 6.45) is 2.34. The summed E-state index contributed by atoms with van der Waals surface area (Å²) in [5.41, 5.74) is 5.51. The lowest BCUT2D eigenvalue weighted by Gasteiger charge is -2.22. The first-order valence-corrected chi connectivity index (χ1v) is 3.15.